The molecule has 26 heavy (non-hydrogen) atoms. The standard InChI is InChI=1S/C19H19FO6/c1-19(2,18(22)23)26-15-10-13(24-3)9-14(16(15)20)11-5-7-12(8-6-11)17(21)25-4/h5-10H,1-4H3,(H,22,23). The van der Waals surface area contributed by atoms with Gasteiger partial charge in [-0.2, -0.15) is 0 Å². The maximum atomic E-state index is 14.9. The molecule has 0 saturated heterocycles. The van der Waals surface area contributed by atoms with Crippen LogP contribution in [0.15, 0.2) is 36.4 Å². The van der Waals surface area contributed by atoms with Gasteiger partial charge >= 0.3 is 11.9 Å². The number of hydrogen-bond donors (Lipinski definition) is 1. The van der Waals surface area contributed by atoms with Crippen LogP contribution >= 0.6 is 0 Å². The van der Waals surface area contributed by atoms with Crippen LogP contribution in [0.25, 0.3) is 11.1 Å². The predicted octanol–water partition coefficient (Wildman–Crippen LogP) is 3.53. The monoisotopic (exact) mass is 362 g/mol. The van der Waals surface area contributed by atoms with Crippen molar-refractivity contribution in [1.82, 2.24) is 0 Å². The first kappa shape index (κ1) is 19.2. The van der Waals surface area contributed by atoms with Gasteiger partial charge in [-0.15, -0.1) is 0 Å². The summed E-state index contributed by atoms with van der Waals surface area (Å²) in [7, 11) is 2.68. The van der Waals surface area contributed by atoms with Crippen LogP contribution in [0.5, 0.6) is 11.5 Å². The number of methoxy groups -OCH3 is 2. The molecule has 1 N–H and O–H groups in total. The number of ether oxygens (including phenoxy) is 3. The minimum atomic E-state index is -1.63. The van der Waals surface area contributed by atoms with Gasteiger partial charge in [0.1, 0.15) is 5.75 Å². The van der Waals surface area contributed by atoms with Crippen molar-refractivity contribution in [2.24, 2.45) is 0 Å². The Bertz CT molecular complexity index is 827. The Kier molecular flexibility index (Phi) is 5.50. The summed E-state index contributed by atoms with van der Waals surface area (Å²) in [6, 6.07) is 8.85. The van der Waals surface area contributed by atoms with E-state index in [1.807, 2.05) is 0 Å². The summed E-state index contributed by atoms with van der Waals surface area (Å²) in [5, 5.41) is 9.19. The zero-order valence-electron chi connectivity index (χ0n) is 14.8. The fraction of sp³-hybridized carbons (Fsp3) is 0.263. The van der Waals surface area contributed by atoms with E-state index in [0.29, 0.717) is 16.9 Å². The van der Waals surface area contributed by atoms with Crippen molar-refractivity contribution in [1.29, 1.82) is 0 Å². The van der Waals surface area contributed by atoms with E-state index in [1.165, 1.54) is 52.3 Å². The molecule has 138 valence electrons. The first-order valence-corrected chi connectivity index (χ1v) is 7.68. The van der Waals surface area contributed by atoms with Crippen LogP contribution in [0, 0.1) is 5.82 Å². The molecule has 0 aliphatic carbocycles. The summed E-state index contributed by atoms with van der Waals surface area (Å²) in [5.41, 5.74) is -0.689. The maximum absolute atomic E-state index is 14.9. The van der Waals surface area contributed by atoms with E-state index in [4.69, 9.17) is 9.47 Å². The second-order valence-electron chi connectivity index (χ2n) is 5.97. The molecule has 0 fully saturated rings. The van der Waals surface area contributed by atoms with E-state index in [9.17, 15) is 19.1 Å². The van der Waals surface area contributed by atoms with Crippen molar-refractivity contribution in [3.8, 4) is 22.6 Å². The summed E-state index contributed by atoms with van der Waals surface area (Å²) < 4.78 is 30.1. The zero-order chi connectivity index (χ0) is 19.5. The van der Waals surface area contributed by atoms with Gasteiger partial charge in [-0.25, -0.2) is 14.0 Å². The highest BCUT2D eigenvalue weighted by Gasteiger charge is 2.31. The molecule has 0 unspecified atom stereocenters. The molecule has 0 saturated carbocycles. The lowest BCUT2D eigenvalue weighted by atomic mass is 10.0. The molecule has 0 aromatic heterocycles. The number of aliphatic carboxylic acids is 1. The summed E-state index contributed by atoms with van der Waals surface area (Å²) in [6.07, 6.45) is 0. The molecule has 0 spiro atoms. The Morgan fingerprint density at radius 3 is 2.19 bits per heavy atom. The lowest BCUT2D eigenvalue weighted by Gasteiger charge is -2.23. The molecule has 0 bridgehead atoms. The predicted molar refractivity (Wildman–Crippen MR) is 92.1 cm³/mol. The van der Waals surface area contributed by atoms with Crippen molar-refractivity contribution in [2.45, 2.75) is 19.4 Å². The fourth-order valence-corrected chi connectivity index (χ4v) is 2.20. The fourth-order valence-electron chi connectivity index (χ4n) is 2.20. The number of halogens is 1. The zero-order valence-corrected chi connectivity index (χ0v) is 14.8. The van der Waals surface area contributed by atoms with Crippen LogP contribution in [0.4, 0.5) is 4.39 Å². The second-order valence-corrected chi connectivity index (χ2v) is 5.97. The molecule has 0 radical (unpaired) electrons. The molecule has 0 amide bonds. The molecule has 2 aromatic carbocycles. The van der Waals surface area contributed by atoms with Crippen LogP contribution in [0.3, 0.4) is 0 Å². The highest BCUT2D eigenvalue weighted by Crippen LogP contribution is 2.35. The third kappa shape index (κ3) is 3.93. The lowest BCUT2D eigenvalue weighted by Crippen LogP contribution is -2.38. The highest BCUT2D eigenvalue weighted by atomic mass is 19.1. The number of esters is 1. The Labute approximate surface area is 150 Å². The second kappa shape index (κ2) is 7.43. The summed E-state index contributed by atoms with van der Waals surface area (Å²) >= 11 is 0. The largest absolute Gasteiger partial charge is 0.497 e. The lowest BCUT2D eigenvalue weighted by molar-refractivity contribution is -0.152. The molecular formula is C19H19FO6. The summed E-state index contributed by atoms with van der Waals surface area (Å²) in [6.45, 7) is 2.64. The number of hydrogen-bond acceptors (Lipinski definition) is 5. The van der Waals surface area contributed by atoms with Gasteiger partial charge in [0.25, 0.3) is 0 Å². The van der Waals surface area contributed by atoms with Gasteiger partial charge in [0.15, 0.2) is 17.2 Å². The van der Waals surface area contributed by atoms with Gasteiger partial charge in [0.05, 0.1) is 19.8 Å². The number of carboxylic acid groups (broad SMARTS) is 1. The Morgan fingerprint density at radius 1 is 1.08 bits per heavy atom. The molecule has 0 aliphatic heterocycles. The van der Waals surface area contributed by atoms with Gasteiger partial charge in [-0.3, -0.25) is 0 Å². The van der Waals surface area contributed by atoms with E-state index < -0.39 is 23.4 Å². The van der Waals surface area contributed by atoms with E-state index in [0.717, 1.165) is 0 Å². The Hall–Kier alpha value is -3.09. The molecule has 0 atom stereocenters. The average molecular weight is 362 g/mol. The quantitative estimate of drug-likeness (QED) is 0.792. The van der Waals surface area contributed by atoms with Crippen LogP contribution in [-0.2, 0) is 9.53 Å². The summed E-state index contributed by atoms with van der Waals surface area (Å²) in [4.78, 5) is 22.8. The van der Waals surface area contributed by atoms with Crippen LogP contribution in [-0.4, -0.2) is 36.9 Å². The normalized spacial score (nSPS) is 11.0. The minimum Gasteiger partial charge on any atom is -0.497 e. The Balaban J connectivity index is 2.50. The van der Waals surface area contributed by atoms with Crippen molar-refractivity contribution >= 4 is 11.9 Å². The Morgan fingerprint density at radius 2 is 1.69 bits per heavy atom. The highest BCUT2D eigenvalue weighted by molar-refractivity contribution is 5.90. The first-order valence-electron chi connectivity index (χ1n) is 7.68. The number of carboxylic acids is 1. The molecule has 0 aliphatic rings. The topological polar surface area (TPSA) is 82.1 Å². The number of benzene rings is 2. The third-order valence-corrected chi connectivity index (χ3v) is 3.75. The van der Waals surface area contributed by atoms with Gasteiger partial charge in [0.2, 0.25) is 0 Å². The molecule has 7 heteroatoms. The summed E-state index contributed by atoms with van der Waals surface area (Å²) in [5.74, 6) is -2.41. The molecule has 6 nitrogen and oxygen atoms in total. The molecule has 2 aromatic rings. The van der Waals surface area contributed by atoms with Gasteiger partial charge in [-0.1, -0.05) is 12.1 Å². The maximum Gasteiger partial charge on any atom is 0.347 e. The third-order valence-electron chi connectivity index (χ3n) is 3.75. The van der Waals surface area contributed by atoms with Crippen molar-refractivity contribution in [3.63, 3.8) is 0 Å². The van der Waals surface area contributed by atoms with E-state index in [-0.39, 0.29) is 11.3 Å². The van der Waals surface area contributed by atoms with Gasteiger partial charge in [-0.05, 0) is 37.6 Å². The van der Waals surface area contributed by atoms with Crippen molar-refractivity contribution < 1.29 is 33.3 Å². The van der Waals surface area contributed by atoms with Crippen LogP contribution in [0.1, 0.15) is 24.2 Å². The van der Waals surface area contributed by atoms with Crippen molar-refractivity contribution in [3.05, 3.63) is 47.8 Å². The van der Waals surface area contributed by atoms with Gasteiger partial charge in [0, 0.05) is 11.6 Å². The number of carbonyl (C=O) groups excluding carboxylic acids is 1. The number of carbonyl (C=O) groups is 2. The number of rotatable bonds is 6. The minimum absolute atomic E-state index is 0.150. The van der Waals surface area contributed by atoms with Crippen molar-refractivity contribution in [2.75, 3.05) is 14.2 Å². The molecule has 0 heterocycles. The first-order chi connectivity index (χ1) is 12.2. The van der Waals surface area contributed by atoms with E-state index >= 15 is 0 Å². The van der Waals surface area contributed by atoms with E-state index in [2.05, 4.69) is 4.74 Å². The van der Waals surface area contributed by atoms with Crippen LogP contribution < -0.4 is 9.47 Å². The van der Waals surface area contributed by atoms with Gasteiger partial charge < -0.3 is 19.3 Å². The molecule has 2 rings (SSSR count). The average Bonchev–Trinajstić information content (AvgIpc) is 2.62. The molecular weight excluding hydrogens is 343 g/mol. The van der Waals surface area contributed by atoms with Crippen LogP contribution in [0.2, 0.25) is 0 Å². The smallest absolute Gasteiger partial charge is 0.347 e. The SMILES string of the molecule is COC(=O)c1ccc(-c2cc(OC)cc(OC(C)(C)C(=O)O)c2F)cc1. The van der Waals surface area contributed by atoms with E-state index in [1.54, 1.807) is 12.1 Å².